The van der Waals surface area contributed by atoms with Crippen LogP contribution in [0, 0.1) is 0 Å². The SMILES string of the molecule is COc1ccc2c(c1)CNC=C2Cl. The highest BCUT2D eigenvalue weighted by molar-refractivity contribution is 6.49. The predicted octanol–water partition coefficient (Wildman–Crippen LogP) is 2.34. The van der Waals surface area contributed by atoms with E-state index in [2.05, 4.69) is 5.32 Å². The Morgan fingerprint density at radius 2 is 2.31 bits per heavy atom. The number of hydrogen-bond donors (Lipinski definition) is 1. The van der Waals surface area contributed by atoms with Crippen LogP contribution in [0.4, 0.5) is 0 Å². The fourth-order valence-corrected chi connectivity index (χ4v) is 1.67. The molecule has 1 heterocycles. The van der Waals surface area contributed by atoms with Crippen molar-refractivity contribution in [1.29, 1.82) is 0 Å². The summed E-state index contributed by atoms with van der Waals surface area (Å²) >= 11 is 6.00. The van der Waals surface area contributed by atoms with Crippen LogP contribution in [0.5, 0.6) is 5.75 Å². The second-order valence-corrected chi connectivity index (χ2v) is 3.30. The first-order valence-corrected chi connectivity index (χ1v) is 4.45. The van der Waals surface area contributed by atoms with Crippen molar-refractivity contribution in [3.05, 3.63) is 35.5 Å². The summed E-state index contributed by atoms with van der Waals surface area (Å²) in [5.74, 6) is 0.868. The number of nitrogens with one attached hydrogen (secondary N) is 1. The lowest BCUT2D eigenvalue weighted by Gasteiger charge is -2.15. The number of benzene rings is 1. The van der Waals surface area contributed by atoms with E-state index in [1.165, 1.54) is 5.56 Å². The van der Waals surface area contributed by atoms with Crippen LogP contribution in [0.1, 0.15) is 11.1 Å². The van der Waals surface area contributed by atoms with Gasteiger partial charge in [0.15, 0.2) is 0 Å². The largest absolute Gasteiger partial charge is 0.497 e. The fraction of sp³-hybridized carbons (Fsp3) is 0.200. The zero-order valence-corrected chi connectivity index (χ0v) is 8.06. The Morgan fingerprint density at radius 3 is 3.08 bits per heavy atom. The third kappa shape index (κ3) is 1.49. The van der Waals surface area contributed by atoms with Crippen LogP contribution in [0.25, 0.3) is 5.03 Å². The lowest BCUT2D eigenvalue weighted by molar-refractivity contribution is 0.414. The van der Waals surface area contributed by atoms with Gasteiger partial charge in [0, 0.05) is 12.7 Å². The van der Waals surface area contributed by atoms with E-state index in [9.17, 15) is 0 Å². The maximum absolute atomic E-state index is 6.00. The maximum Gasteiger partial charge on any atom is 0.119 e. The summed E-state index contributed by atoms with van der Waals surface area (Å²) < 4.78 is 5.13. The summed E-state index contributed by atoms with van der Waals surface area (Å²) in [5.41, 5.74) is 2.26. The molecule has 1 aromatic rings. The van der Waals surface area contributed by atoms with Gasteiger partial charge < -0.3 is 10.1 Å². The summed E-state index contributed by atoms with van der Waals surface area (Å²) in [4.78, 5) is 0. The Hall–Kier alpha value is -1.15. The quantitative estimate of drug-likeness (QED) is 0.743. The number of rotatable bonds is 1. The Labute approximate surface area is 82.2 Å². The smallest absolute Gasteiger partial charge is 0.119 e. The van der Waals surface area contributed by atoms with Gasteiger partial charge in [-0.25, -0.2) is 0 Å². The van der Waals surface area contributed by atoms with Crippen LogP contribution >= 0.6 is 11.6 Å². The number of fused-ring (bicyclic) bond motifs is 1. The van der Waals surface area contributed by atoms with Crippen LogP contribution in [0.3, 0.4) is 0 Å². The van der Waals surface area contributed by atoms with E-state index in [1.54, 1.807) is 7.11 Å². The molecule has 0 bridgehead atoms. The molecule has 0 amide bonds. The minimum atomic E-state index is 0.754. The molecule has 0 unspecified atom stereocenters. The van der Waals surface area contributed by atoms with E-state index in [4.69, 9.17) is 16.3 Å². The third-order valence-electron chi connectivity index (χ3n) is 2.09. The molecule has 0 fully saturated rings. The minimum Gasteiger partial charge on any atom is -0.497 e. The molecule has 1 aromatic carbocycles. The summed E-state index contributed by atoms with van der Waals surface area (Å²) in [6.45, 7) is 0.808. The van der Waals surface area contributed by atoms with Gasteiger partial charge in [-0.15, -0.1) is 0 Å². The first kappa shape index (κ1) is 8.45. The molecule has 0 saturated heterocycles. The Bertz CT molecular complexity index is 360. The van der Waals surface area contributed by atoms with Crippen molar-refractivity contribution in [3.63, 3.8) is 0 Å². The van der Waals surface area contributed by atoms with Crippen LogP contribution in [0.2, 0.25) is 0 Å². The van der Waals surface area contributed by atoms with Crippen molar-refractivity contribution in [1.82, 2.24) is 5.32 Å². The lowest BCUT2D eigenvalue weighted by atomic mass is 10.0. The number of hydrogen-bond acceptors (Lipinski definition) is 2. The standard InChI is InChI=1S/C10H10ClNO/c1-13-8-2-3-9-7(4-8)5-12-6-10(9)11/h2-4,6,12H,5H2,1H3. The Balaban J connectivity index is 2.48. The topological polar surface area (TPSA) is 21.3 Å². The molecular weight excluding hydrogens is 186 g/mol. The number of halogens is 1. The molecule has 0 radical (unpaired) electrons. The van der Waals surface area contributed by atoms with Crippen LogP contribution in [-0.2, 0) is 6.54 Å². The second kappa shape index (κ2) is 3.30. The van der Waals surface area contributed by atoms with Crippen molar-refractivity contribution in [2.75, 3.05) is 7.11 Å². The van der Waals surface area contributed by atoms with Crippen molar-refractivity contribution in [2.24, 2.45) is 0 Å². The van der Waals surface area contributed by atoms with E-state index < -0.39 is 0 Å². The van der Waals surface area contributed by atoms with E-state index >= 15 is 0 Å². The molecule has 0 saturated carbocycles. The zero-order valence-electron chi connectivity index (χ0n) is 7.30. The summed E-state index contributed by atoms with van der Waals surface area (Å²) in [5, 5.41) is 3.85. The van der Waals surface area contributed by atoms with Gasteiger partial charge in [-0.1, -0.05) is 11.6 Å². The van der Waals surface area contributed by atoms with Crippen molar-refractivity contribution < 1.29 is 4.74 Å². The first-order chi connectivity index (χ1) is 6.31. The van der Waals surface area contributed by atoms with Gasteiger partial charge in [-0.2, -0.15) is 0 Å². The summed E-state index contributed by atoms with van der Waals surface area (Å²) in [6.07, 6.45) is 1.82. The van der Waals surface area contributed by atoms with E-state index in [-0.39, 0.29) is 0 Å². The molecule has 0 spiro atoms. The Morgan fingerprint density at radius 1 is 1.46 bits per heavy atom. The minimum absolute atomic E-state index is 0.754. The predicted molar refractivity (Wildman–Crippen MR) is 53.7 cm³/mol. The molecule has 2 nitrogen and oxygen atoms in total. The van der Waals surface area contributed by atoms with Crippen molar-refractivity contribution in [3.8, 4) is 5.75 Å². The molecule has 1 N–H and O–H groups in total. The second-order valence-electron chi connectivity index (χ2n) is 2.90. The molecular formula is C10H10ClNO. The molecule has 2 rings (SSSR count). The summed E-state index contributed by atoms with van der Waals surface area (Å²) in [6, 6.07) is 5.89. The highest BCUT2D eigenvalue weighted by atomic mass is 35.5. The maximum atomic E-state index is 6.00. The van der Waals surface area contributed by atoms with Gasteiger partial charge in [0.05, 0.1) is 12.1 Å². The molecule has 0 atom stereocenters. The number of methoxy groups -OCH3 is 1. The van der Waals surface area contributed by atoms with Crippen molar-refractivity contribution in [2.45, 2.75) is 6.54 Å². The molecule has 3 heteroatoms. The van der Waals surface area contributed by atoms with Gasteiger partial charge in [-0.05, 0) is 29.3 Å². The zero-order chi connectivity index (χ0) is 9.26. The van der Waals surface area contributed by atoms with Gasteiger partial charge in [0.25, 0.3) is 0 Å². The van der Waals surface area contributed by atoms with Crippen LogP contribution in [0.15, 0.2) is 24.4 Å². The van der Waals surface area contributed by atoms with Gasteiger partial charge >= 0.3 is 0 Å². The highest BCUT2D eigenvalue weighted by Crippen LogP contribution is 2.28. The van der Waals surface area contributed by atoms with Crippen LogP contribution < -0.4 is 10.1 Å². The number of ether oxygens (including phenoxy) is 1. The highest BCUT2D eigenvalue weighted by Gasteiger charge is 2.10. The van der Waals surface area contributed by atoms with Gasteiger partial charge in [-0.3, -0.25) is 0 Å². The third-order valence-corrected chi connectivity index (χ3v) is 2.40. The first-order valence-electron chi connectivity index (χ1n) is 4.07. The van der Waals surface area contributed by atoms with Gasteiger partial charge in [0.2, 0.25) is 0 Å². The van der Waals surface area contributed by atoms with Crippen molar-refractivity contribution >= 4 is 16.6 Å². The van der Waals surface area contributed by atoms with E-state index in [0.29, 0.717) is 0 Å². The molecule has 0 aromatic heterocycles. The molecule has 1 aliphatic rings. The molecule has 68 valence electrons. The normalized spacial score (nSPS) is 14.2. The average Bonchev–Trinajstić information content (AvgIpc) is 2.18. The van der Waals surface area contributed by atoms with Crippen LogP contribution in [-0.4, -0.2) is 7.11 Å². The molecule has 0 aliphatic carbocycles. The monoisotopic (exact) mass is 195 g/mol. The fourth-order valence-electron chi connectivity index (χ4n) is 1.40. The van der Waals surface area contributed by atoms with E-state index in [0.717, 1.165) is 22.9 Å². The molecule has 1 aliphatic heterocycles. The van der Waals surface area contributed by atoms with E-state index in [1.807, 2.05) is 24.4 Å². The average molecular weight is 196 g/mol. The van der Waals surface area contributed by atoms with Gasteiger partial charge in [0.1, 0.15) is 5.75 Å². The molecule has 13 heavy (non-hydrogen) atoms. The summed E-state index contributed by atoms with van der Waals surface area (Å²) in [7, 11) is 1.66. The Kier molecular flexibility index (Phi) is 2.15. The lowest BCUT2D eigenvalue weighted by Crippen LogP contribution is -2.11.